The van der Waals surface area contributed by atoms with E-state index < -0.39 is 11.6 Å². The summed E-state index contributed by atoms with van der Waals surface area (Å²) < 4.78 is 0. The Morgan fingerprint density at radius 2 is 2.19 bits per heavy atom. The molecule has 1 saturated carbocycles. The summed E-state index contributed by atoms with van der Waals surface area (Å²) in [6, 6.07) is 0. The molecular weight excluding hydrogens is 204 g/mol. The summed E-state index contributed by atoms with van der Waals surface area (Å²) >= 11 is 0. The number of carboxylic acid groups (broad SMARTS) is 1. The second kappa shape index (κ2) is 5.67. The average Bonchev–Trinajstić information content (AvgIpc) is 2.14. The van der Waals surface area contributed by atoms with E-state index in [9.17, 15) is 9.90 Å². The molecule has 2 N–H and O–H groups in total. The Balaban J connectivity index is 2.44. The van der Waals surface area contributed by atoms with E-state index >= 15 is 0 Å². The summed E-state index contributed by atoms with van der Waals surface area (Å²) in [5.41, 5.74) is -0.712. The molecule has 0 radical (unpaired) electrons. The fourth-order valence-electron chi connectivity index (χ4n) is 2.90. The highest BCUT2D eigenvalue weighted by Crippen LogP contribution is 2.38. The highest BCUT2D eigenvalue weighted by molar-refractivity contribution is 5.66. The number of rotatable bonds is 5. The molecule has 94 valence electrons. The summed E-state index contributed by atoms with van der Waals surface area (Å²) in [6.45, 7) is 4.40. The summed E-state index contributed by atoms with van der Waals surface area (Å²) in [5.74, 6) is 0.429. The standard InChI is InChI=1S/C13H24O3/c1-10(2)8-11-4-3-6-13(16,9-11)7-5-12(14)15/h10-11,16H,3-9H2,1-2H3,(H,14,15). The highest BCUT2D eigenvalue weighted by atomic mass is 16.4. The third kappa shape index (κ3) is 4.52. The number of aliphatic hydroxyl groups is 1. The van der Waals surface area contributed by atoms with Crippen molar-refractivity contribution in [2.24, 2.45) is 11.8 Å². The van der Waals surface area contributed by atoms with Crippen LogP contribution in [0.4, 0.5) is 0 Å². The first-order chi connectivity index (χ1) is 7.41. The van der Waals surface area contributed by atoms with Gasteiger partial charge in [0.05, 0.1) is 5.60 Å². The van der Waals surface area contributed by atoms with Crippen molar-refractivity contribution in [2.45, 2.75) is 64.4 Å². The van der Waals surface area contributed by atoms with Crippen molar-refractivity contribution in [3.63, 3.8) is 0 Å². The Bertz CT molecular complexity index is 237. The molecule has 3 heteroatoms. The van der Waals surface area contributed by atoms with Crippen LogP contribution in [0.3, 0.4) is 0 Å². The third-order valence-electron chi connectivity index (χ3n) is 3.53. The van der Waals surface area contributed by atoms with Crippen LogP contribution in [0.2, 0.25) is 0 Å². The third-order valence-corrected chi connectivity index (χ3v) is 3.53. The number of carbonyl (C=O) groups is 1. The van der Waals surface area contributed by atoms with E-state index in [4.69, 9.17) is 5.11 Å². The van der Waals surface area contributed by atoms with Crippen LogP contribution in [0.1, 0.15) is 58.8 Å². The first-order valence-corrected chi connectivity index (χ1v) is 6.35. The number of hydrogen-bond acceptors (Lipinski definition) is 2. The van der Waals surface area contributed by atoms with Crippen LogP contribution in [-0.2, 0) is 4.79 Å². The van der Waals surface area contributed by atoms with Crippen LogP contribution in [0.25, 0.3) is 0 Å². The Kier molecular flexibility index (Phi) is 4.78. The second-order valence-electron chi connectivity index (χ2n) is 5.71. The maximum Gasteiger partial charge on any atom is 0.303 e. The van der Waals surface area contributed by atoms with Gasteiger partial charge in [-0.15, -0.1) is 0 Å². The molecule has 0 saturated heterocycles. The largest absolute Gasteiger partial charge is 0.481 e. The fraction of sp³-hybridized carbons (Fsp3) is 0.923. The van der Waals surface area contributed by atoms with Gasteiger partial charge >= 0.3 is 5.97 Å². The predicted octanol–water partition coefficient (Wildman–Crippen LogP) is 2.82. The molecule has 1 fully saturated rings. The van der Waals surface area contributed by atoms with E-state index in [0.717, 1.165) is 25.7 Å². The maximum absolute atomic E-state index is 10.5. The Morgan fingerprint density at radius 3 is 2.75 bits per heavy atom. The first-order valence-electron chi connectivity index (χ1n) is 6.35. The molecule has 0 aromatic carbocycles. The van der Waals surface area contributed by atoms with Crippen molar-refractivity contribution in [2.75, 3.05) is 0 Å². The smallest absolute Gasteiger partial charge is 0.303 e. The Hall–Kier alpha value is -0.570. The number of carboxylic acids is 1. The van der Waals surface area contributed by atoms with E-state index in [0.29, 0.717) is 18.3 Å². The van der Waals surface area contributed by atoms with Gasteiger partial charge in [0.1, 0.15) is 0 Å². The molecule has 1 rings (SSSR count). The van der Waals surface area contributed by atoms with Gasteiger partial charge in [-0.05, 0) is 37.5 Å². The van der Waals surface area contributed by atoms with Crippen molar-refractivity contribution < 1.29 is 15.0 Å². The zero-order chi connectivity index (χ0) is 12.2. The van der Waals surface area contributed by atoms with Crippen LogP contribution in [0.5, 0.6) is 0 Å². The molecule has 2 unspecified atom stereocenters. The lowest BCUT2D eigenvalue weighted by Gasteiger charge is -2.37. The lowest BCUT2D eigenvalue weighted by Crippen LogP contribution is -2.36. The first kappa shape index (κ1) is 13.5. The molecule has 1 aliphatic carbocycles. The van der Waals surface area contributed by atoms with E-state index in [1.54, 1.807) is 0 Å². The van der Waals surface area contributed by atoms with Gasteiger partial charge in [-0.2, -0.15) is 0 Å². The molecule has 0 bridgehead atoms. The minimum Gasteiger partial charge on any atom is -0.481 e. The molecular formula is C13H24O3. The summed E-state index contributed by atoms with van der Waals surface area (Å²) in [5, 5.41) is 19.0. The molecule has 0 amide bonds. The normalized spacial score (nSPS) is 30.6. The summed E-state index contributed by atoms with van der Waals surface area (Å²) in [7, 11) is 0. The highest BCUT2D eigenvalue weighted by Gasteiger charge is 2.34. The van der Waals surface area contributed by atoms with Gasteiger partial charge in [-0.3, -0.25) is 4.79 Å². The number of hydrogen-bond donors (Lipinski definition) is 2. The van der Waals surface area contributed by atoms with Crippen LogP contribution < -0.4 is 0 Å². The Morgan fingerprint density at radius 1 is 1.50 bits per heavy atom. The molecule has 0 spiro atoms. The topological polar surface area (TPSA) is 57.5 Å². The molecule has 0 heterocycles. The van der Waals surface area contributed by atoms with Crippen LogP contribution in [0, 0.1) is 11.8 Å². The molecule has 0 aliphatic heterocycles. The van der Waals surface area contributed by atoms with Gasteiger partial charge in [0.15, 0.2) is 0 Å². The van der Waals surface area contributed by atoms with Gasteiger partial charge in [0, 0.05) is 6.42 Å². The quantitative estimate of drug-likeness (QED) is 0.760. The summed E-state index contributed by atoms with van der Waals surface area (Å²) in [6.07, 6.45) is 5.44. The van der Waals surface area contributed by atoms with E-state index in [1.165, 1.54) is 6.42 Å². The predicted molar refractivity (Wildman–Crippen MR) is 63.2 cm³/mol. The second-order valence-corrected chi connectivity index (χ2v) is 5.71. The van der Waals surface area contributed by atoms with Gasteiger partial charge in [0.25, 0.3) is 0 Å². The van der Waals surface area contributed by atoms with Gasteiger partial charge in [0.2, 0.25) is 0 Å². The van der Waals surface area contributed by atoms with Crippen molar-refractivity contribution in [3.05, 3.63) is 0 Å². The van der Waals surface area contributed by atoms with Crippen LogP contribution >= 0.6 is 0 Å². The summed E-state index contributed by atoms with van der Waals surface area (Å²) in [4.78, 5) is 10.5. The average molecular weight is 228 g/mol. The Labute approximate surface area is 97.9 Å². The van der Waals surface area contributed by atoms with E-state index in [-0.39, 0.29) is 6.42 Å². The van der Waals surface area contributed by atoms with Gasteiger partial charge in [-0.1, -0.05) is 26.7 Å². The zero-order valence-corrected chi connectivity index (χ0v) is 10.4. The zero-order valence-electron chi connectivity index (χ0n) is 10.4. The molecule has 3 nitrogen and oxygen atoms in total. The molecule has 0 aromatic heterocycles. The molecule has 1 aliphatic rings. The van der Waals surface area contributed by atoms with E-state index in [1.807, 2.05) is 0 Å². The van der Waals surface area contributed by atoms with Crippen molar-refractivity contribution in [1.82, 2.24) is 0 Å². The minimum absolute atomic E-state index is 0.0882. The van der Waals surface area contributed by atoms with Crippen LogP contribution in [0.15, 0.2) is 0 Å². The van der Waals surface area contributed by atoms with Gasteiger partial charge < -0.3 is 10.2 Å². The lowest BCUT2D eigenvalue weighted by atomic mass is 9.73. The van der Waals surface area contributed by atoms with Crippen molar-refractivity contribution in [1.29, 1.82) is 0 Å². The minimum atomic E-state index is -0.806. The van der Waals surface area contributed by atoms with Crippen molar-refractivity contribution >= 4 is 5.97 Å². The SMILES string of the molecule is CC(C)CC1CCCC(O)(CCC(=O)O)C1. The number of aliphatic carboxylic acids is 1. The van der Waals surface area contributed by atoms with Gasteiger partial charge in [-0.25, -0.2) is 0 Å². The monoisotopic (exact) mass is 228 g/mol. The van der Waals surface area contributed by atoms with Crippen molar-refractivity contribution in [3.8, 4) is 0 Å². The van der Waals surface area contributed by atoms with E-state index in [2.05, 4.69) is 13.8 Å². The lowest BCUT2D eigenvalue weighted by molar-refractivity contribution is -0.139. The molecule has 16 heavy (non-hydrogen) atoms. The fourth-order valence-corrected chi connectivity index (χ4v) is 2.90. The molecule has 2 atom stereocenters. The maximum atomic E-state index is 10.5. The van der Waals surface area contributed by atoms with Crippen LogP contribution in [-0.4, -0.2) is 21.8 Å². The molecule has 0 aromatic rings.